The van der Waals surface area contributed by atoms with Gasteiger partial charge in [-0.3, -0.25) is 4.79 Å². The number of hydrogen-bond donors (Lipinski definition) is 1. The second kappa shape index (κ2) is 7.61. The largest absolute Gasteiger partial charge is 0.477 e. The van der Waals surface area contributed by atoms with Gasteiger partial charge in [-0.05, 0) is 31.9 Å². The minimum atomic E-state index is -0.604. The molecule has 0 radical (unpaired) electrons. The third-order valence-corrected chi connectivity index (χ3v) is 3.33. The summed E-state index contributed by atoms with van der Waals surface area (Å²) in [6.45, 7) is 1.92. The quantitative estimate of drug-likeness (QED) is 0.807. The molecule has 1 aromatic heterocycles. The van der Waals surface area contributed by atoms with E-state index in [1.807, 2.05) is 0 Å². The van der Waals surface area contributed by atoms with E-state index in [-0.39, 0.29) is 30.0 Å². The number of aromatic nitrogens is 1. The van der Waals surface area contributed by atoms with Crippen molar-refractivity contribution in [3.05, 3.63) is 23.9 Å². The van der Waals surface area contributed by atoms with E-state index in [0.29, 0.717) is 6.61 Å². The molecule has 0 bridgehead atoms. The smallest absolute Gasteiger partial charge is 0.344 e. The second-order valence-corrected chi connectivity index (χ2v) is 4.91. The predicted octanol–water partition coefficient (Wildman–Crippen LogP) is 1.70. The summed E-state index contributed by atoms with van der Waals surface area (Å²) in [4.78, 5) is 27.6. The van der Waals surface area contributed by atoms with E-state index in [2.05, 4.69) is 10.3 Å². The first-order valence-corrected chi connectivity index (χ1v) is 7.25. The van der Waals surface area contributed by atoms with Gasteiger partial charge in [-0.15, -0.1) is 0 Å². The predicted molar refractivity (Wildman–Crippen MR) is 76.1 cm³/mol. The third-order valence-electron chi connectivity index (χ3n) is 3.33. The van der Waals surface area contributed by atoms with Gasteiger partial charge in [0, 0.05) is 12.2 Å². The molecule has 0 saturated heterocycles. The number of ether oxygens (including phenoxy) is 2. The van der Waals surface area contributed by atoms with Crippen LogP contribution in [0.25, 0.3) is 0 Å². The van der Waals surface area contributed by atoms with Gasteiger partial charge in [0.25, 0.3) is 5.91 Å². The Morgan fingerprint density at radius 3 is 2.86 bits per heavy atom. The van der Waals surface area contributed by atoms with E-state index in [1.165, 1.54) is 6.20 Å². The SMILES string of the molecule is CCOc1ncccc1C(=O)OCC(=O)NC1CCCC1. The molecule has 1 aliphatic rings. The van der Waals surface area contributed by atoms with Gasteiger partial charge in [0.2, 0.25) is 5.88 Å². The van der Waals surface area contributed by atoms with Gasteiger partial charge in [0.1, 0.15) is 5.56 Å². The van der Waals surface area contributed by atoms with Crippen LogP contribution in [0.5, 0.6) is 5.88 Å². The van der Waals surface area contributed by atoms with Crippen molar-refractivity contribution >= 4 is 11.9 Å². The lowest BCUT2D eigenvalue weighted by atomic mass is 10.2. The van der Waals surface area contributed by atoms with Crippen LogP contribution in [0.4, 0.5) is 0 Å². The van der Waals surface area contributed by atoms with E-state index in [0.717, 1.165) is 25.7 Å². The zero-order chi connectivity index (χ0) is 15.1. The lowest BCUT2D eigenvalue weighted by Crippen LogP contribution is -2.35. The van der Waals surface area contributed by atoms with Crippen LogP contribution < -0.4 is 10.1 Å². The molecule has 0 spiro atoms. The molecule has 1 N–H and O–H groups in total. The van der Waals surface area contributed by atoms with Crippen molar-refractivity contribution in [1.82, 2.24) is 10.3 Å². The fraction of sp³-hybridized carbons (Fsp3) is 0.533. The van der Waals surface area contributed by atoms with Gasteiger partial charge in [-0.1, -0.05) is 12.8 Å². The van der Waals surface area contributed by atoms with E-state index in [4.69, 9.17) is 9.47 Å². The molecule has 1 heterocycles. The Hall–Kier alpha value is -2.11. The number of carbonyl (C=O) groups is 2. The van der Waals surface area contributed by atoms with Crippen LogP contribution >= 0.6 is 0 Å². The number of rotatable bonds is 6. The summed E-state index contributed by atoms with van der Waals surface area (Å²) in [5.41, 5.74) is 0.230. The summed E-state index contributed by atoms with van der Waals surface area (Å²) in [6, 6.07) is 3.40. The van der Waals surface area contributed by atoms with Gasteiger partial charge < -0.3 is 14.8 Å². The summed E-state index contributed by atoms with van der Waals surface area (Å²) < 4.78 is 10.3. The molecule has 0 aliphatic heterocycles. The highest BCUT2D eigenvalue weighted by Crippen LogP contribution is 2.18. The lowest BCUT2D eigenvalue weighted by Gasteiger charge is -2.12. The minimum Gasteiger partial charge on any atom is -0.477 e. The first-order valence-electron chi connectivity index (χ1n) is 7.25. The molecule has 1 amide bonds. The van der Waals surface area contributed by atoms with Crippen LogP contribution in [0.15, 0.2) is 18.3 Å². The van der Waals surface area contributed by atoms with Crippen LogP contribution in [0.1, 0.15) is 43.0 Å². The van der Waals surface area contributed by atoms with Gasteiger partial charge in [0.15, 0.2) is 6.61 Å². The fourth-order valence-corrected chi connectivity index (χ4v) is 2.35. The molecule has 0 aromatic carbocycles. The van der Waals surface area contributed by atoms with Crippen molar-refractivity contribution in [2.24, 2.45) is 0 Å². The molecule has 114 valence electrons. The van der Waals surface area contributed by atoms with E-state index >= 15 is 0 Å². The first-order chi connectivity index (χ1) is 10.2. The van der Waals surface area contributed by atoms with Crippen LogP contribution in [0.2, 0.25) is 0 Å². The van der Waals surface area contributed by atoms with Crippen LogP contribution in [0, 0.1) is 0 Å². The monoisotopic (exact) mass is 292 g/mol. The second-order valence-electron chi connectivity index (χ2n) is 4.91. The van der Waals surface area contributed by atoms with Crippen molar-refractivity contribution in [1.29, 1.82) is 0 Å². The molecule has 2 rings (SSSR count). The molecule has 21 heavy (non-hydrogen) atoms. The summed E-state index contributed by atoms with van der Waals surface area (Å²) in [5, 5.41) is 2.86. The number of pyridine rings is 1. The van der Waals surface area contributed by atoms with E-state index < -0.39 is 5.97 Å². The van der Waals surface area contributed by atoms with Crippen molar-refractivity contribution < 1.29 is 19.1 Å². The summed E-state index contributed by atoms with van der Waals surface area (Å²) >= 11 is 0. The molecule has 0 atom stereocenters. The molecule has 1 aliphatic carbocycles. The summed E-state index contributed by atoms with van der Waals surface area (Å²) in [6.07, 6.45) is 5.80. The van der Waals surface area contributed by atoms with Gasteiger partial charge in [-0.25, -0.2) is 9.78 Å². The number of esters is 1. The van der Waals surface area contributed by atoms with Crippen molar-refractivity contribution in [2.75, 3.05) is 13.2 Å². The normalized spacial score (nSPS) is 14.7. The Labute approximate surface area is 123 Å². The van der Waals surface area contributed by atoms with Crippen molar-refractivity contribution in [3.8, 4) is 5.88 Å². The topological polar surface area (TPSA) is 77.5 Å². The first kappa shape index (κ1) is 15.3. The lowest BCUT2D eigenvalue weighted by molar-refractivity contribution is -0.124. The van der Waals surface area contributed by atoms with Gasteiger partial charge >= 0.3 is 5.97 Å². The molecule has 1 aromatic rings. The molecular weight excluding hydrogens is 272 g/mol. The number of nitrogens with one attached hydrogen (secondary N) is 1. The van der Waals surface area contributed by atoms with Gasteiger partial charge in [-0.2, -0.15) is 0 Å². The van der Waals surface area contributed by atoms with Gasteiger partial charge in [0.05, 0.1) is 6.61 Å². The highest BCUT2D eigenvalue weighted by molar-refractivity contribution is 5.93. The van der Waals surface area contributed by atoms with Crippen LogP contribution in [-0.4, -0.2) is 36.1 Å². The Morgan fingerprint density at radius 2 is 2.14 bits per heavy atom. The molecule has 6 heteroatoms. The fourth-order valence-electron chi connectivity index (χ4n) is 2.35. The zero-order valence-electron chi connectivity index (χ0n) is 12.1. The van der Waals surface area contributed by atoms with Crippen LogP contribution in [-0.2, 0) is 9.53 Å². The molecule has 1 saturated carbocycles. The number of carbonyl (C=O) groups excluding carboxylic acids is 2. The summed E-state index contributed by atoms with van der Waals surface area (Å²) in [7, 11) is 0. The van der Waals surface area contributed by atoms with Crippen LogP contribution in [0.3, 0.4) is 0 Å². The van der Waals surface area contributed by atoms with Crippen molar-refractivity contribution in [3.63, 3.8) is 0 Å². The maximum atomic E-state index is 12.0. The molecule has 1 fully saturated rings. The zero-order valence-corrected chi connectivity index (χ0v) is 12.1. The average Bonchev–Trinajstić information content (AvgIpc) is 2.98. The maximum Gasteiger partial charge on any atom is 0.344 e. The number of nitrogens with zero attached hydrogens (tertiary/aromatic N) is 1. The molecule has 6 nitrogen and oxygen atoms in total. The number of amides is 1. The molecule has 0 unspecified atom stereocenters. The highest BCUT2D eigenvalue weighted by Gasteiger charge is 2.19. The van der Waals surface area contributed by atoms with E-state index in [1.54, 1.807) is 19.1 Å². The third kappa shape index (κ3) is 4.44. The minimum absolute atomic E-state index is 0.216. The summed E-state index contributed by atoms with van der Waals surface area (Å²) in [5.74, 6) is -0.647. The standard InChI is InChI=1S/C15H20N2O4/c1-2-20-14-12(8-5-9-16-14)15(19)21-10-13(18)17-11-6-3-4-7-11/h5,8-9,11H,2-4,6-7,10H2,1H3,(H,17,18). The average molecular weight is 292 g/mol. The maximum absolute atomic E-state index is 12.0. The Kier molecular flexibility index (Phi) is 5.54. The Balaban J connectivity index is 1.85. The Bertz CT molecular complexity index is 498. The number of hydrogen-bond acceptors (Lipinski definition) is 5. The highest BCUT2D eigenvalue weighted by atomic mass is 16.5. The van der Waals surface area contributed by atoms with E-state index in [9.17, 15) is 9.59 Å². The Morgan fingerprint density at radius 1 is 1.38 bits per heavy atom. The molecular formula is C15H20N2O4. The van der Waals surface area contributed by atoms with Crippen molar-refractivity contribution in [2.45, 2.75) is 38.6 Å².